The molecule has 0 amide bonds. The molecule has 2 rings (SSSR count). The number of ether oxygens (including phenoxy) is 2. The highest BCUT2D eigenvalue weighted by Crippen LogP contribution is 2.54. The second-order valence-electron chi connectivity index (χ2n) is 25.5. The molecule has 3 unspecified atom stereocenters. The summed E-state index contributed by atoms with van der Waals surface area (Å²) in [6.45, 7) is 55.7. The van der Waals surface area contributed by atoms with Crippen molar-refractivity contribution in [3.05, 3.63) is 83.9 Å². The minimum atomic E-state index is -0.735. The Balaban J connectivity index is 1.95. The van der Waals surface area contributed by atoms with Crippen LogP contribution in [0.4, 0.5) is 0 Å². The predicted molar refractivity (Wildman–Crippen MR) is 277 cm³/mol. The Bertz CT molecular complexity index is 1840. The van der Waals surface area contributed by atoms with Gasteiger partial charge < -0.3 is 9.47 Å². The van der Waals surface area contributed by atoms with E-state index in [1.807, 2.05) is 97.0 Å². The van der Waals surface area contributed by atoms with Gasteiger partial charge in [-0.15, -0.1) is 0 Å². The molecule has 4 heteroatoms. The van der Waals surface area contributed by atoms with E-state index >= 15 is 0 Å². The van der Waals surface area contributed by atoms with Gasteiger partial charge in [-0.25, -0.2) is 0 Å². The molecule has 2 aromatic rings. The van der Waals surface area contributed by atoms with Gasteiger partial charge >= 0.3 is 11.9 Å². The molecule has 3 atom stereocenters. The summed E-state index contributed by atoms with van der Waals surface area (Å²) in [5.74, 6) is 0.191. The average molecular weight is 883 g/mol. The van der Waals surface area contributed by atoms with Crippen molar-refractivity contribution in [1.82, 2.24) is 0 Å². The van der Waals surface area contributed by atoms with Gasteiger partial charge in [0.2, 0.25) is 0 Å². The Labute approximate surface area is 395 Å². The Kier molecular flexibility index (Phi) is 19.3. The Morgan fingerprint density at radius 1 is 0.500 bits per heavy atom. The van der Waals surface area contributed by atoms with Crippen LogP contribution >= 0.6 is 0 Å². The predicted octanol–water partition coefficient (Wildman–Crippen LogP) is 17.6. The summed E-state index contributed by atoms with van der Waals surface area (Å²) >= 11 is 0. The van der Waals surface area contributed by atoms with Crippen LogP contribution in [0.3, 0.4) is 0 Å². The molecule has 0 heterocycles. The molecule has 0 spiro atoms. The van der Waals surface area contributed by atoms with Gasteiger partial charge in [0.1, 0.15) is 0 Å². The number of carbonyl (C=O) groups is 2. The van der Waals surface area contributed by atoms with E-state index in [1.165, 1.54) is 25.7 Å². The molecule has 0 bridgehead atoms. The first-order chi connectivity index (χ1) is 28.9. The molecule has 4 nitrogen and oxygen atoms in total. The molecule has 64 heavy (non-hydrogen) atoms. The molecule has 0 radical (unpaired) electrons. The monoisotopic (exact) mass is 883 g/mol. The quantitative estimate of drug-likeness (QED) is 0.0884. The molecule has 2 aromatic carbocycles. The SMILES string of the molecule is C=C(C)c1ccc(C(C)(C)C(=O)OC(C)CC(C)(C)CCCC(C)(C)C(C)(C)CCCC(C)(C)C(C)(C)C(CC)CC(C)(C)CC(C)OC(=O)C(C)(C)c2ccc(C(=C)C)cc2)cc1. The van der Waals surface area contributed by atoms with Gasteiger partial charge in [-0.2, -0.15) is 0 Å². The van der Waals surface area contributed by atoms with Gasteiger partial charge in [0.25, 0.3) is 0 Å². The van der Waals surface area contributed by atoms with E-state index in [-0.39, 0.29) is 56.6 Å². The van der Waals surface area contributed by atoms with Gasteiger partial charge in [-0.05, 0) is 161 Å². The zero-order valence-corrected chi connectivity index (χ0v) is 45.5. The second kappa shape index (κ2) is 21.7. The molecule has 0 N–H and O–H groups in total. The van der Waals surface area contributed by atoms with Crippen LogP contribution in [-0.4, -0.2) is 24.1 Å². The van der Waals surface area contributed by atoms with Crippen molar-refractivity contribution < 1.29 is 19.1 Å². The van der Waals surface area contributed by atoms with Crippen molar-refractivity contribution in [2.24, 2.45) is 38.4 Å². The number of benzene rings is 2. The summed E-state index contributed by atoms with van der Waals surface area (Å²) in [4.78, 5) is 27.0. The number of allylic oxidation sites excluding steroid dienone is 2. The lowest BCUT2D eigenvalue weighted by Crippen LogP contribution is -2.42. The highest BCUT2D eigenvalue weighted by Gasteiger charge is 2.45. The molecular weight excluding hydrogens is 785 g/mol. The molecular formula is C60H98O4. The van der Waals surface area contributed by atoms with Crippen LogP contribution in [0.2, 0.25) is 0 Å². The second-order valence-corrected chi connectivity index (χ2v) is 25.5. The summed E-state index contributed by atoms with van der Waals surface area (Å²) in [7, 11) is 0. The lowest BCUT2D eigenvalue weighted by molar-refractivity contribution is -0.156. The number of hydrogen-bond acceptors (Lipinski definition) is 4. The van der Waals surface area contributed by atoms with E-state index in [1.54, 1.807) is 0 Å². The van der Waals surface area contributed by atoms with Crippen LogP contribution in [0.25, 0.3) is 11.1 Å². The van der Waals surface area contributed by atoms with Crippen molar-refractivity contribution in [3.63, 3.8) is 0 Å². The van der Waals surface area contributed by atoms with E-state index < -0.39 is 10.8 Å². The summed E-state index contributed by atoms with van der Waals surface area (Å²) < 4.78 is 12.3. The lowest BCUT2D eigenvalue weighted by atomic mass is 9.55. The van der Waals surface area contributed by atoms with Crippen LogP contribution in [0, 0.1) is 38.4 Å². The van der Waals surface area contributed by atoms with E-state index in [4.69, 9.17) is 9.47 Å². The third-order valence-electron chi connectivity index (χ3n) is 16.7. The Morgan fingerprint density at radius 3 is 1.17 bits per heavy atom. The summed E-state index contributed by atoms with van der Waals surface area (Å²) in [5, 5.41) is 0. The molecule has 0 aliphatic carbocycles. The lowest BCUT2D eigenvalue weighted by Gasteiger charge is -2.50. The van der Waals surface area contributed by atoms with E-state index in [0.29, 0.717) is 5.92 Å². The zero-order chi connectivity index (χ0) is 49.5. The molecule has 0 aromatic heterocycles. The van der Waals surface area contributed by atoms with Crippen molar-refractivity contribution in [3.8, 4) is 0 Å². The van der Waals surface area contributed by atoms with Crippen molar-refractivity contribution in [2.45, 2.75) is 233 Å². The first-order valence-electron chi connectivity index (χ1n) is 24.9. The molecule has 0 fully saturated rings. The van der Waals surface area contributed by atoms with Crippen LogP contribution < -0.4 is 0 Å². The molecule has 362 valence electrons. The Hall–Kier alpha value is -3.14. The summed E-state index contributed by atoms with van der Waals surface area (Å²) in [6, 6.07) is 16.3. The highest BCUT2D eigenvalue weighted by atomic mass is 16.5. The smallest absolute Gasteiger partial charge is 0.316 e. The van der Waals surface area contributed by atoms with Gasteiger partial charge in [0.05, 0.1) is 23.0 Å². The van der Waals surface area contributed by atoms with Crippen LogP contribution in [0.15, 0.2) is 61.7 Å². The largest absolute Gasteiger partial charge is 0.462 e. The third-order valence-corrected chi connectivity index (χ3v) is 16.7. The van der Waals surface area contributed by atoms with Crippen LogP contribution in [0.5, 0.6) is 0 Å². The topological polar surface area (TPSA) is 52.6 Å². The fraction of sp³-hybridized carbons (Fsp3) is 0.700. The van der Waals surface area contributed by atoms with Gasteiger partial charge in [0.15, 0.2) is 0 Å². The van der Waals surface area contributed by atoms with Gasteiger partial charge in [0, 0.05) is 0 Å². The van der Waals surface area contributed by atoms with E-state index in [0.717, 1.165) is 71.9 Å². The first kappa shape index (κ1) is 57.0. The molecule has 0 saturated heterocycles. The third kappa shape index (κ3) is 15.2. The standard InChI is InChI=1S/C60H98O4/c1-24-48(41-54(10,11)40-45(7)64-52(62)59(20,21)50-33-29-47(30-34-50)43(4)5)60(22,23)57(16,17)38-26-37-56(14,15)55(12,13)36-25-35-53(8,9)39-44(6)63-51(61)58(18,19)49-31-27-46(28-32-49)42(2)3/h27-34,44-45,48H,2,4,24-26,35-41H2,1,3,5-23H3. The number of esters is 2. The van der Waals surface area contributed by atoms with Crippen molar-refractivity contribution in [2.75, 3.05) is 0 Å². The first-order valence-corrected chi connectivity index (χ1v) is 24.9. The Morgan fingerprint density at radius 2 is 0.828 bits per heavy atom. The maximum absolute atomic E-state index is 13.6. The number of hydrogen-bond donors (Lipinski definition) is 0. The number of rotatable bonds is 26. The zero-order valence-electron chi connectivity index (χ0n) is 45.5. The maximum atomic E-state index is 13.6. The van der Waals surface area contributed by atoms with Crippen molar-refractivity contribution >= 4 is 23.1 Å². The van der Waals surface area contributed by atoms with Crippen molar-refractivity contribution in [1.29, 1.82) is 0 Å². The van der Waals surface area contributed by atoms with E-state index in [9.17, 15) is 9.59 Å². The normalized spacial score (nSPS) is 15.0. The van der Waals surface area contributed by atoms with Crippen LogP contribution in [0.1, 0.15) is 232 Å². The minimum Gasteiger partial charge on any atom is -0.462 e. The maximum Gasteiger partial charge on any atom is 0.316 e. The van der Waals surface area contributed by atoms with E-state index in [2.05, 4.69) is 110 Å². The average Bonchev–Trinajstić information content (AvgIpc) is 3.15. The summed E-state index contributed by atoms with van der Waals surface area (Å²) in [6.07, 6.45) is 10.5. The highest BCUT2D eigenvalue weighted by molar-refractivity contribution is 5.83. The molecule has 0 saturated carbocycles. The molecule has 0 aliphatic heterocycles. The number of carbonyl (C=O) groups excluding carboxylic acids is 2. The fourth-order valence-corrected chi connectivity index (χ4v) is 10.2. The fourth-order valence-electron chi connectivity index (χ4n) is 10.2. The van der Waals surface area contributed by atoms with Gasteiger partial charge in [-0.3, -0.25) is 9.59 Å². The van der Waals surface area contributed by atoms with Crippen LogP contribution in [-0.2, 0) is 29.9 Å². The summed E-state index contributed by atoms with van der Waals surface area (Å²) in [5.41, 5.74) is 5.38. The molecule has 0 aliphatic rings. The minimum absolute atomic E-state index is 0.0131. The van der Waals surface area contributed by atoms with Gasteiger partial charge in [-0.1, -0.05) is 182 Å².